The van der Waals surface area contributed by atoms with Gasteiger partial charge in [-0.25, -0.2) is 4.79 Å². The third-order valence-corrected chi connectivity index (χ3v) is 5.94. The first-order chi connectivity index (χ1) is 14.5. The Kier molecular flexibility index (Phi) is 5.53. The number of ether oxygens (including phenoxy) is 1. The molecule has 2 heterocycles. The number of ketones is 1. The summed E-state index contributed by atoms with van der Waals surface area (Å²) >= 11 is 7.13. The van der Waals surface area contributed by atoms with Crippen molar-refractivity contribution in [2.45, 2.75) is 6.92 Å². The lowest BCUT2D eigenvalue weighted by Gasteiger charge is -2.07. The predicted molar refractivity (Wildman–Crippen MR) is 118 cm³/mol. The monoisotopic (exact) mass is 437 g/mol. The van der Waals surface area contributed by atoms with Gasteiger partial charge in [-0.15, -0.1) is 11.3 Å². The molecule has 0 aliphatic carbocycles. The lowest BCUT2D eigenvalue weighted by molar-refractivity contribution is 0.0529. The van der Waals surface area contributed by atoms with Gasteiger partial charge in [0.05, 0.1) is 17.9 Å². The van der Waals surface area contributed by atoms with E-state index in [9.17, 15) is 14.4 Å². The van der Waals surface area contributed by atoms with Crippen molar-refractivity contribution in [2.75, 3.05) is 6.61 Å². The molecule has 5 nitrogen and oxygen atoms in total. The van der Waals surface area contributed by atoms with E-state index in [2.05, 4.69) is 0 Å². The molecular weight excluding hydrogens is 422 g/mol. The minimum absolute atomic E-state index is 0.159. The smallest absolute Gasteiger partial charge is 0.349 e. The molecule has 0 N–H and O–H groups in total. The molecule has 0 spiro atoms. The van der Waals surface area contributed by atoms with Crippen LogP contribution in [0.25, 0.3) is 15.9 Å². The van der Waals surface area contributed by atoms with E-state index >= 15 is 0 Å². The van der Waals surface area contributed by atoms with Gasteiger partial charge in [-0.3, -0.25) is 14.2 Å². The summed E-state index contributed by atoms with van der Waals surface area (Å²) in [5.74, 6) is -0.957. The van der Waals surface area contributed by atoms with Gasteiger partial charge in [0.25, 0.3) is 5.56 Å². The van der Waals surface area contributed by atoms with Crippen LogP contribution in [0.5, 0.6) is 0 Å². The van der Waals surface area contributed by atoms with E-state index in [4.69, 9.17) is 16.3 Å². The van der Waals surface area contributed by atoms with Crippen molar-refractivity contribution in [3.63, 3.8) is 0 Å². The van der Waals surface area contributed by atoms with Crippen molar-refractivity contribution in [1.82, 2.24) is 4.57 Å². The van der Waals surface area contributed by atoms with Crippen LogP contribution in [-0.2, 0) is 4.74 Å². The number of carbonyl (C=O) groups excluding carboxylic acids is 2. The van der Waals surface area contributed by atoms with Gasteiger partial charge in [-0.1, -0.05) is 41.9 Å². The van der Waals surface area contributed by atoms with Gasteiger partial charge in [0.2, 0.25) is 0 Å². The van der Waals surface area contributed by atoms with Crippen molar-refractivity contribution in [3.8, 4) is 5.69 Å². The number of aromatic nitrogens is 1. The number of thiophene rings is 1. The number of fused-ring (bicyclic) bond motifs is 1. The normalized spacial score (nSPS) is 10.9. The number of carbonyl (C=O) groups is 2. The van der Waals surface area contributed by atoms with Gasteiger partial charge in [-0.2, -0.15) is 0 Å². The molecule has 0 saturated carbocycles. The molecule has 0 bridgehead atoms. The minimum Gasteiger partial charge on any atom is -0.462 e. The van der Waals surface area contributed by atoms with Crippen molar-refractivity contribution < 1.29 is 14.3 Å². The fourth-order valence-corrected chi connectivity index (χ4v) is 4.64. The van der Waals surface area contributed by atoms with Crippen molar-refractivity contribution in [3.05, 3.63) is 98.1 Å². The molecule has 30 heavy (non-hydrogen) atoms. The predicted octanol–water partition coefficient (Wildman–Crippen LogP) is 5.11. The first-order valence-corrected chi connectivity index (χ1v) is 10.4. The number of halogens is 1. The summed E-state index contributed by atoms with van der Waals surface area (Å²) in [6.45, 7) is 1.87. The van der Waals surface area contributed by atoms with Crippen molar-refractivity contribution in [1.29, 1.82) is 0 Å². The quantitative estimate of drug-likeness (QED) is 0.321. The Morgan fingerprint density at radius 2 is 1.80 bits per heavy atom. The summed E-state index contributed by atoms with van der Waals surface area (Å²) in [6.07, 6.45) is 0. The number of hydrogen-bond donors (Lipinski definition) is 0. The largest absolute Gasteiger partial charge is 0.462 e. The van der Waals surface area contributed by atoms with E-state index < -0.39 is 5.97 Å². The summed E-state index contributed by atoms with van der Waals surface area (Å²) in [4.78, 5) is 39.4. The molecule has 0 saturated heterocycles. The maximum Gasteiger partial charge on any atom is 0.349 e. The zero-order valence-corrected chi connectivity index (χ0v) is 17.5. The minimum atomic E-state index is -0.601. The highest BCUT2D eigenvalue weighted by molar-refractivity contribution is 7.21. The second kappa shape index (κ2) is 8.26. The van der Waals surface area contributed by atoms with Gasteiger partial charge >= 0.3 is 5.97 Å². The van der Waals surface area contributed by atoms with Gasteiger partial charge in [-0.05, 0) is 37.3 Å². The van der Waals surface area contributed by atoms with Gasteiger partial charge in [0.15, 0.2) is 5.78 Å². The molecule has 0 atom stereocenters. The maximum atomic E-state index is 13.4. The SMILES string of the molecule is CCOC(=O)c1sc2c(ccc(=O)n2-c2ccccc2)c1C(=O)c1cccc(Cl)c1. The summed E-state index contributed by atoms with van der Waals surface area (Å²) in [5.41, 5.74) is 0.948. The van der Waals surface area contributed by atoms with E-state index in [1.165, 1.54) is 10.6 Å². The second-order valence-corrected chi connectivity index (χ2v) is 7.86. The Morgan fingerprint density at radius 3 is 2.50 bits per heavy atom. The highest BCUT2D eigenvalue weighted by Crippen LogP contribution is 2.34. The molecule has 0 unspecified atom stereocenters. The Labute approximate surface area is 181 Å². The Morgan fingerprint density at radius 1 is 1.03 bits per heavy atom. The van der Waals surface area contributed by atoms with Crippen molar-refractivity contribution >= 4 is 44.9 Å². The lowest BCUT2D eigenvalue weighted by atomic mass is 10.0. The highest BCUT2D eigenvalue weighted by atomic mass is 35.5. The average Bonchev–Trinajstić information content (AvgIpc) is 3.13. The molecule has 0 aliphatic heterocycles. The molecule has 2 aromatic heterocycles. The third kappa shape index (κ3) is 3.56. The van der Waals surface area contributed by atoms with Crippen LogP contribution in [0.3, 0.4) is 0 Å². The number of pyridine rings is 1. The number of para-hydroxylation sites is 1. The number of hydrogen-bond acceptors (Lipinski definition) is 5. The zero-order valence-electron chi connectivity index (χ0n) is 15.9. The molecule has 0 amide bonds. The third-order valence-electron chi connectivity index (χ3n) is 4.53. The summed E-state index contributed by atoms with van der Waals surface area (Å²) in [7, 11) is 0. The first kappa shape index (κ1) is 20.1. The molecule has 0 fully saturated rings. The summed E-state index contributed by atoms with van der Waals surface area (Å²) < 4.78 is 6.69. The summed E-state index contributed by atoms with van der Waals surface area (Å²) in [5, 5.41) is 0.927. The van der Waals surface area contributed by atoms with Crippen LogP contribution >= 0.6 is 22.9 Å². The molecule has 4 aromatic rings. The van der Waals surface area contributed by atoms with Gasteiger partial charge in [0, 0.05) is 22.0 Å². The maximum absolute atomic E-state index is 13.4. The average molecular weight is 438 g/mol. The van der Waals surface area contributed by atoms with Crippen molar-refractivity contribution in [2.24, 2.45) is 0 Å². The lowest BCUT2D eigenvalue weighted by Crippen LogP contribution is -2.16. The zero-order chi connectivity index (χ0) is 21.3. The summed E-state index contributed by atoms with van der Waals surface area (Å²) in [6, 6.07) is 18.6. The van der Waals surface area contributed by atoms with Crippen LogP contribution in [0.15, 0.2) is 71.5 Å². The van der Waals surface area contributed by atoms with Crippen LogP contribution in [0.4, 0.5) is 0 Å². The van der Waals surface area contributed by atoms with Crippen LogP contribution in [0.2, 0.25) is 5.02 Å². The molecular formula is C23H16ClNO4S. The number of nitrogens with zero attached hydrogens (tertiary/aromatic N) is 1. The van der Waals surface area contributed by atoms with E-state index in [1.54, 1.807) is 49.4 Å². The standard InChI is InChI=1S/C23H16ClNO4S/c1-2-29-23(28)21-19(20(27)14-7-6-8-15(24)13-14)17-11-12-18(26)25(22(17)30-21)16-9-4-3-5-10-16/h3-13H,2H2,1H3. The van der Waals surface area contributed by atoms with E-state index in [-0.39, 0.29) is 28.4 Å². The van der Waals surface area contributed by atoms with Crippen LogP contribution in [0, 0.1) is 0 Å². The van der Waals surface area contributed by atoms with Gasteiger partial charge in [0.1, 0.15) is 9.71 Å². The molecule has 150 valence electrons. The first-order valence-electron chi connectivity index (χ1n) is 9.22. The topological polar surface area (TPSA) is 65.4 Å². The Hall–Kier alpha value is -3.22. The van der Waals surface area contributed by atoms with Crippen LogP contribution in [0.1, 0.15) is 32.5 Å². The fraction of sp³-hybridized carbons (Fsp3) is 0.0870. The van der Waals surface area contributed by atoms with Crippen LogP contribution in [-0.4, -0.2) is 22.9 Å². The van der Waals surface area contributed by atoms with E-state index in [0.29, 0.717) is 26.5 Å². The molecule has 7 heteroatoms. The molecule has 0 radical (unpaired) electrons. The molecule has 4 rings (SSSR count). The van der Waals surface area contributed by atoms with E-state index in [0.717, 1.165) is 11.3 Å². The fourth-order valence-electron chi connectivity index (χ4n) is 3.24. The number of rotatable bonds is 5. The Balaban J connectivity index is 2.03. The second-order valence-electron chi connectivity index (χ2n) is 6.43. The number of benzene rings is 2. The molecule has 2 aromatic carbocycles. The highest BCUT2D eigenvalue weighted by Gasteiger charge is 2.27. The Bertz CT molecular complexity index is 1320. The number of esters is 1. The van der Waals surface area contributed by atoms with Gasteiger partial charge < -0.3 is 4.74 Å². The molecule has 0 aliphatic rings. The van der Waals surface area contributed by atoms with Crippen LogP contribution < -0.4 is 5.56 Å². The van der Waals surface area contributed by atoms with E-state index in [1.807, 2.05) is 18.2 Å².